The van der Waals surface area contributed by atoms with Gasteiger partial charge in [0.2, 0.25) is 0 Å². The minimum Gasteiger partial charge on any atom is -0.507 e. The van der Waals surface area contributed by atoms with E-state index >= 15 is 0 Å². The van der Waals surface area contributed by atoms with Crippen LogP contribution in [0.3, 0.4) is 0 Å². The molecule has 2 N–H and O–H groups in total. The van der Waals surface area contributed by atoms with Gasteiger partial charge in [0, 0.05) is 34.6 Å². The molecule has 0 aromatic heterocycles. The highest BCUT2D eigenvalue weighted by molar-refractivity contribution is 7.82. The van der Waals surface area contributed by atoms with E-state index in [1.54, 1.807) is 0 Å². The predicted molar refractivity (Wildman–Crippen MR) is 196 cm³/mol. The van der Waals surface area contributed by atoms with Crippen LogP contribution in [0.2, 0.25) is 0 Å². The van der Waals surface area contributed by atoms with E-state index in [1.807, 2.05) is 66.9 Å². The molecule has 4 aromatic rings. The number of phenols is 2. The number of benzene rings is 4. The van der Waals surface area contributed by atoms with Gasteiger partial charge >= 0.3 is 0 Å². The van der Waals surface area contributed by atoms with E-state index in [0.29, 0.717) is 0 Å². The number of nitrogens with zero attached hydrogens (tertiary/aromatic N) is 2. The van der Waals surface area contributed by atoms with Gasteiger partial charge in [-0.25, -0.2) is 0 Å². The molecule has 0 aliphatic heterocycles. The topological polar surface area (TPSA) is 65.2 Å². The largest absolute Gasteiger partial charge is 0.507 e. The molecule has 4 rings (SSSR count). The van der Waals surface area contributed by atoms with Crippen molar-refractivity contribution in [2.75, 3.05) is 0 Å². The predicted octanol–water partition coefficient (Wildman–Crippen LogP) is 10.7. The quantitative estimate of drug-likeness (QED) is 0.172. The third-order valence-corrected chi connectivity index (χ3v) is 13.0. The second kappa shape index (κ2) is 12.3. The molecule has 0 aliphatic rings. The van der Waals surface area contributed by atoms with Crippen LogP contribution >= 0.6 is 7.05 Å². The van der Waals surface area contributed by atoms with Crippen molar-refractivity contribution in [3.8, 4) is 11.5 Å². The van der Waals surface area contributed by atoms with Crippen molar-refractivity contribution >= 4 is 35.3 Å². The number of aromatic hydroxyl groups is 2. The second-order valence-electron chi connectivity index (χ2n) is 15.3. The molecule has 0 bridgehead atoms. The normalized spacial score (nSPS) is 13.0. The van der Waals surface area contributed by atoms with Crippen molar-refractivity contribution in [1.29, 1.82) is 0 Å². The van der Waals surface area contributed by atoms with Gasteiger partial charge in [-0.15, -0.1) is 0 Å². The lowest BCUT2D eigenvalue weighted by Crippen LogP contribution is -2.33. The Bertz CT molecular complexity index is 1720. The Morgan fingerprint density at radius 1 is 0.622 bits per heavy atom. The van der Waals surface area contributed by atoms with Crippen LogP contribution < -0.4 is 10.6 Å². The van der Waals surface area contributed by atoms with Crippen LogP contribution in [-0.2, 0) is 10.8 Å². The van der Waals surface area contributed by atoms with E-state index in [4.69, 9.17) is 9.74 Å². The second-order valence-corrected chi connectivity index (χ2v) is 19.1. The monoisotopic (exact) mass is 622 g/mol. The van der Waals surface area contributed by atoms with Gasteiger partial charge in [0.25, 0.3) is 0 Å². The Kier molecular flexibility index (Phi) is 9.36. The van der Waals surface area contributed by atoms with Gasteiger partial charge in [-0.1, -0.05) is 122 Å². The highest BCUT2D eigenvalue weighted by Crippen LogP contribution is 2.64. The lowest BCUT2D eigenvalue weighted by atomic mass is 9.86. The maximum atomic E-state index is 12.1. The molecular formula is C40H51N2O2P. The Balaban J connectivity index is 2.18. The van der Waals surface area contributed by atoms with Gasteiger partial charge in [0.05, 0.1) is 11.4 Å². The van der Waals surface area contributed by atoms with Crippen LogP contribution in [0.25, 0.3) is 0 Å². The maximum absolute atomic E-state index is 12.1. The van der Waals surface area contributed by atoms with E-state index in [-0.39, 0.29) is 22.3 Å². The standard InChI is InChI=1S/C40H51N2O2P/c1-26-23-27(2)35(28(3)24-26)41-25-29-17-13-14-20-32(29)42-45(40(10,11)12,33-21-15-18-30(36(33)43)38(4,5)6)34-22-16-19-31(37(34)44)39(7,8)9/h13-25,43-44H,1-12H3. The molecule has 0 saturated carbocycles. The first-order valence-corrected chi connectivity index (χ1v) is 17.5. The molecule has 0 unspecified atom stereocenters. The van der Waals surface area contributed by atoms with Crippen LogP contribution in [0.5, 0.6) is 11.5 Å². The summed E-state index contributed by atoms with van der Waals surface area (Å²) in [7, 11) is -2.96. The number of hydrogen-bond acceptors (Lipinski definition) is 4. The Labute approximate surface area is 271 Å². The lowest BCUT2D eigenvalue weighted by Gasteiger charge is -2.40. The summed E-state index contributed by atoms with van der Waals surface area (Å²) in [6, 6.07) is 24.4. The smallest absolute Gasteiger partial charge is 0.128 e. The van der Waals surface area contributed by atoms with Crippen molar-refractivity contribution < 1.29 is 10.2 Å². The SMILES string of the molecule is Cc1cc(C)c(N=Cc2ccccc2N=P(c2cccc(C(C)(C)C)c2O)(c2cccc(C(C)(C)C)c2O)C(C)(C)C)c(C)c1. The molecule has 0 atom stereocenters. The van der Waals surface area contributed by atoms with Crippen LogP contribution in [0.1, 0.15) is 95.7 Å². The maximum Gasteiger partial charge on any atom is 0.128 e. The van der Waals surface area contributed by atoms with E-state index in [9.17, 15) is 10.2 Å². The van der Waals surface area contributed by atoms with E-state index in [1.165, 1.54) is 5.56 Å². The summed E-state index contributed by atoms with van der Waals surface area (Å²) in [6.07, 6.45) is 1.90. The molecule has 4 aromatic carbocycles. The Morgan fingerprint density at radius 2 is 1.09 bits per heavy atom. The fourth-order valence-electron chi connectivity index (χ4n) is 6.27. The van der Waals surface area contributed by atoms with Crippen LogP contribution in [0.4, 0.5) is 11.4 Å². The average molecular weight is 623 g/mol. The van der Waals surface area contributed by atoms with Gasteiger partial charge in [0.1, 0.15) is 11.5 Å². The summed E-state index contributed by atoms with van der Waals surface area (Å²) < 4.78 is 5.74. The average Bonchev–Trinajstić information content (AvgIpc) is 2.90. The number of hydrogen-bond donors (Lipinski definition) is 2. The van der Waals surface area contributed by atoms with Gasteiger partial charge in [-0.05, 0) is 72.1 Å². The molecule has 0 aliphatic carbocycles. The molecule has 0 fully saturated rings. The third-order valence-electron chi connectivity index (χ3n) is 8.48. The van der Waals surface area contributed by atoms with Crippen molar-refractivity contribution in [3.63, 3.8) is 0 Å². The van der Waals surface area contributed by atoms with Crippen molar-refractivity contribution in [1.82, 2.24) is 0 Å². The van der Waals surface area contributed by atoms with Gasteiger partial charge in [-0.3, -0.25) is 9.74 Å². The van der Waals surface area contributed by atoms with Crippen molar-refractivity contribution in [2.24, 2.45) is 9.74 Å². The minimum absolute atomic E-state index is 0.245. The Hall–Kier alpha value is -3.62. The lowest BCUT2D eigenvalue weighted by molar-refractivity contribution is 0.450. The fourth-order valence-corrected chi connectivity index (χ4v) is 10.4. The first-order chi connectivity index (χ1) is 20.8. The highest BCUT2D eigenvalue weighted by atomic mass is 31.2. The van der Waals surface area contributed by atoms with Crippen molar-refractivity contribution in [2.45, 2.75) is 99.1 Å². The fraction of sp³-hybridized carbons (Fsp3) is 0.375. The van der Waals surface area contributed by atoms with Crippen LogP contribution in [0.15, 0.2) is 82.5 Å². The van der Waals surface area contributed by atoms with Gasteiger partial charge < -0.3 is 10.2 Å². The molecule has 4 nitrogen and oxygen atoms in total. The number of aliphatic imine (C=N–C) groups is 1. The highest BCUT2D eigenvalue weighted by Gasteiger charge is 2.43. The molecule has 45 heavy (non-hydrogen) atoms. The van der Waals surface area contributed by atoms with E-state index in [0.717, 1.165) is 49.8 Å². The zero-order valence-corrected chi connectivity index (χ0v) is 30.1. The molecular weight excluding hydrogens is 571 g/mol. The first kappa shape index (κ1) is 34.3. The number of rotatable bonds is 5. The Morgan fingerprint density at radius 3 is 1.53 bits per heavy atom. The molecule has 5 heteroatoms. The number of aryl methyl sites for hydroxylation is 3. The molecule has 0 saturated heterocycles. The van der Waals surface area contributed by atoms with Crippen LogP contribution in [-0.4, -0.2) is 21.6 Å². The van der Waals surface area contributed by atoms with Crippen molar-refractivity contribution in [3.05, 3.63) is 106 Å². The van der Waals surface area contributed by atoms with E-state index in [2.05, 4.69) is 95.2 Å². The molecule has 0 spiro atoms. The van der Waals surface area contributed by atoms with Crippen LogP contribution in [0, 0.1) is 20.8 Å². The van der Waals surface area contributed by atoms with Gasteiger partial charge in [-0.2, -0.15) is 0 Å². The summed E-state index contributed by atoms with van der Waals surface area (Å²) in [5.41, 5.74) is 7.20. The molecule has 238 valence electrons. The minimum atomic E-state index is -2.96. The summed E-state index contributed by atoms with van der Waals surface area (Å²) in [5.74, 6) is 0.490. The first-order valence-electron chi connectivity index (χ1n) is 15.8. The van der Waals surface area contributed by atoms with Gasteiger partial charge in [0.15, 0.2) is 0 Å². The third kappa shape index (κ3) is 6.68. The zero-order valence-electron chi connectivity index (χ0n) is 29.2. The van der Waals surface area contributed by atoms with E-state index < -0.39 is 12.2 Å². The summed E-state index contributed by atoms with van der Waals surface area (Å²) >= 11 is 0. The molecule has 0 amide bonds. The summed E-state index contributed by atoms with van der Waals surface area (Å²) in [6.45, 7) is 25.5. The zero-order chi connectivity index (χ0) is 33.5. The summed E-state index contributed by atoms with van der Waals surface area (Å²) in [4.78, 5) is 4.97. The number of phenolic OH excluding ortho intramolecular Hbond substituents is 2. The molecule has 0 heterocycles. The molecule has 0 radical (unpaired) electrons. The summed E-state index contributed by atoms with van der Waals surface area (Å²) in [5, 5.41) is 25.3. The number of para-hydroxylation sites is 2.